The minimum absolute atomic E-state index is 0.655. The highest BCUT2D eigenvalue weighted by atomic mass is 19.3. The molecule has 0 rings (SSSR count). The summed E-state index contributed by atoms with van der Waals surface area (Å²) in [5.41, 5.74) is 9.25. The van der Waals surface area contributed by atoms with Crippen LogP contribution in [0, 0.1) is 0 Å². The Morgan fingerprint density at radius 2 is 1.70 bits per heavy atom. The van der Waals surface area contributed by atoms with Crippen LogP contribution in [0.3, 0.4) is 0 Å². The van der Waals surface area contributed by atoms with Crippen LogP contribution in [0.25, 0.3) is 0 Å². The summed E-state index contributed by atoms with van der Waals surface area (Å²) in [7, 11) is 0. The topological polar surface area (TPSA) is 52.0 Å². The molecule has 0 spiro atoms. The van der Waals surface area contributed by atoms with Gasteiger partial charge < -0.3 is 11.5 Å². The average molecular weight is 160 g/mol. The van der Waals surface area contributed by atoms with Crippen LogP contribution < -0.4 is 11.5 Å². The Morgan fingerprint density at radius 3 is 1.80 bits per heavy atom. The Bertz CT molecular complexity index is 105. The number of rotatable bonds is 3. The highest BCUT2D eigenvalue weighted by Gasteiger charge is 2.46. The number of hydrogen-bond donors (Lipinski definition) is 2. The van der Waals surface area contributed by atoms with Gasteiger partial charge in [0.1, 0.15) is 0 Å². The third-order valence-corrected chi connectivity index (χ3v) is 1.04. The number of hydrogen-bond acceptors (Lipinski definition) is 2. The van der Waals surface area contributed by atoms with Crippen LogP contribution in [0.5, 0.6) is 0 Å². The van der Waals surface area contributed by atoms with Gasteiger partial charge in [-0.05, 0) is 0 Å². The van der Waals surface area contributed by atoms with E-state index in [1.165, 1.54) is 0 Å². The van der Waals surface area contributed by atoms with Crippen LogP contribution in [-0.4, -0.2) is 24.9 Å². The Labute approximate surface area is 55.2 Å². The Hall–Kier alpha value is -0.360. The SMILES string of the molecule is NC[C@H](N)C(F)(F)C(F)F. The van der Waals surface area contributed by atoms with Gasteiger partial charge in [0.05, 0.1) is 6.04 Å². The molecule has 0 radical (unpaired) electrons. The van der Waals surface area contributed by atoms with Crippen molar-refractivity contribution in [2.24, 2.45) is 11.5 Å². The van der Waals surface area contributed by atoms with E-state index in [4.69, 9.17) is 0 Å². The molecule has 0 aliphatic carbocycles. The maximum absolute atomic E-state index is 12.0. The largest absolute Gasteiger partial charge is 0.329 e. The van der Waals surface area contributed by atoms with E-state index in [2.05, 4.69) is 11.5 Å². The summed E-state index contributed by atoms with van der Waals surface area (Å²) in [5.74, 6) is -4.17. The smallest absolute Gasteiger partial charge is 0.323 e. The van der Waals surface area contributed by atoms with Crippen LogP contribution in [0.4, 0.5) is 17.6 Å². The van der Waals surface area contributed by atoms with Crippen molar-refractivity contribution in [1.29, 1.82) is 0 Å². The fourth-order valence-electron chi connectivity index (χ4n) is 0.319. The molecule has 10 heavy (non-hydrogen) atoms. The van der Waals surface area contributed by atoms with Crippen molar-refractivity contribution in [3.63, 3.8) is 0 Å². The average Bonchev–Trinajstić information content (AvgIpc) is 1.86. The first-order chi connectivity index (χ1) is 4.42. The molecule has 0 aromatic heterocycles. The van der Waals surface area contributed by atoms with Crippen molar-refractivity contribution in [1.82, 2.24) is 0 Å². The maximum atomic E-state index is 12.0. The van der Waals surface area contributed by atoms with Gasteiger partial charge in [-0.3, -0.25) is 0 Å². The zero-order chi connectivity index (χ0) is 8.36. The summed E-state index contributed by atoms with van der Waals surface area (Å²) in [5, 5.41) is 0. The van der Waals surface area contributed by atoms with Crippen molar-refractivity contribution < 1.29 is 17.6 Å². The van der Waals surface area contributed by atoms with E-state index < -0.39 is 24.9 Å². The molecule has 0 aromatic carbocycles. The fourth-order valence-corrected chi connectivity index (χ4v) is 0.319. The highest BCUT2D eigenvalue weighted by Crippen LogP contribution is 2.24. The first-order valence-corrected chi connectivity index (χ1v) is 2.54. The molecule has 2 nitrogen and oxygen atoms in total. The predicted molar refractivity (Wildman–Crippen MR) is 28.0 cm³/mol. The normalized spacial score (nSPS) is 15.9. The van der Waals surface area contributed by atoms with Gasteiger partial charge in [-0.15, -0.1) is 0 Å². The molecule has 0 saturated carbocycles. The van der Waals surface area contributed by atoms with Crippen molar-refractivity contribution in [2.45, 2.75) is 18.4 Å². The molecular formula is C4H8F4N2. The van der Waals surface area contributed by atoms with Gasteiger partial charge in [0.2, 0.25) is 0 Å². The van der Waals surface area contributed by atoms with Crippen molar-refractivity contribution >= 4 is 0 Å². The van der Waals surface area contributed by atoms with Crippen molar-refractivity contribution in [3.8, 4) is 0 Å². The summed E-state index contributed by atoms with van der Waals surface area (Å²) in [6.45, 7) is -0.655. The van der Waals surface area contributed by atoms with Gasteiger partial charge in [0.25, 0.3) is 0 Å². The van der Waals surface area contributed by atoms with Crippen LogP contribution in [0.2, 0.25) is 0 Å². The van der Waals surface area contributed by atoms with Crippen molar-refractivity contribution in [2.75, 3.05) is 6.54 Å². The van der Waals surface area contributed by atoms with Gasteiger partial charge in [0.15, 0.2) is 0 Å². The van der Waals surface area contributed by atoms with E-state index in [1.54, 1.807) is 0 Å². The summed E-state index contributed by atoms with van der Waals surface area (Å²) in [4.78, 5) is 0. The lowest BCUT2D eigenvalue weighted by molar-refractivity contribution is -0.141. The first kappa shape index (κ1) is 9.64. The molecule has 0 unspecified atom stereocenters. The molecule has 0 aromatic rings. The Balaban J connectivity index is 4.09. The van der Waals surface area contributed by atoms with E-state index in [0.717, 1.165) is 0 Å². The minimum Gasteiger partial charge on any atom is -0.329 e. The number of halogens is 4. The number of alkyl halides is 4. The van der Waals surface area contributed by atoms with Gasteiger partial charge in [-0.1, -0.05) is 0 Å². The molecule has 0 fully saturated rings. The Kier molecular flexibility index (Phi) is 3.04. The lowest BCUT2D eigenvalue weighted by Gasteiger charge is -2.20. The van der Waals surface area contributed by atoms with Gasteiger partial charge in [0, 0.05) is 6.54 Å². The van der Waals surface area contributed by atoms with Crippen LogP contribution in [-0.2, 0) is 0 Å². The zero-order valence-electron chi connectivity index (χ0n) is 5.03. The standard InChI is InChI=1S/C4H8F4N2/c5-3(6)4(7,8)2(10)1-9/h2-3H,1,9-10H2/t2-/m0/s1. The molecule has 0 heterocycles. The molecule has 0 bridgehead atoms. The molecular weight excluding hydrogens is 152 g/mol. The predicted octanol–water partition coefficient (Wildman–Crippen LogP) is 0.173. The second kappa shape index (κ2) is 3.16. The van der Waals surface area contributed by atoms with Crippen LogP contribution in [0.1, 0.15) is 0 Å². The number of nitrogens with two attached hydrogens (primary N) is 2. The third kappa shape index (κ3) is 1.81. The second-order valence-corrected chi connectivity index (χ2v) is 1.82. The molecule has 0 amide bonds. The van der Waals surface area contributed by atoms with E-state index in [1.807, 2.05) is 0 Å². The summed E-state index contributed by atoms with van der Waals surface area (Å²) < 4.78 is 46.7. The van der Waals surface area contributed by atoms with Gasteiger partial charge >= 0.3 is 12.3 Å². The van der Waals surface area contributed by atoms with E-state index in [0.29, 0.717) is 0 Å². The second-order valence-electron chi connectivity index (χ2n) is 1.82. The molecule has 1 atom stereocenters. The molecule has 6 heteroatoms. The molecule has 0 saturated heterocycles. The molecule has 62 valence electrons. The Morgan fingerprint density at radius 1 is 1.30 bits per heavy atom. The quantitative estimate of drug-likeness (QED) is 0.578. The van der Waals surface area contributed by atoms with E-state index in [-0.39, 0.29) is 0 Å². The molecule has 0 aliphatic rings. The summed E-state index contributed by atoms with van der Waals surface area (Å²) >= 11 is 0. The van der Waals surface area contributed by atoms with E-state index >= 15 is 0 Å². The fraction of sp³-hybridized carbons (Fsp3) is 1.00. The third-order valence-electron chi connectivity index (χ3n) is 1.04. The van der Waals surface area contributed by atoms with Crippen molar-refractivity contribution in [3.05, 3.63) is 0 Å². The molecule has 4 N–H and O–H groups in total. The minimum atomic E-state index is -4.17. The van der Waals surface area contributed by atoms with Gasteiger partial charge in [-0.2, -0.15) is 8.78 Å². The first-order valence-electron chi connectivity index (χ1n) is 2.54. The van der Waals surface area contributed by atoms with Gasteiger partial charge in [-0.25, -0.2) is 8.78 Å². The summed E-state index contributed by atoms with van der Waals surface area (Å²) in [6, 6.07) is -1.97. The van der Waals surface area contributed by atoms with E-state index in [9.17, 15) is 17.6 Å². The maximum Gasteiger partial charge on any atom is 0.323 e. The van der Waals surface area contributed by atoms with Crippen LogP contribution in [0.15, 0.2) is 0 Å². The zero-order valence-corrected chi connectivity index (χ0v) is 5.03. The lowest BCUT2D eigenvalue weighted by Crippen LogP contribution is -2.50. The monoisotopic (exact) mass is 160 g/mol. The highest BCUT2D eigenvalue weighted by molar-refractivity contribution is 4.82. The van der Waals surface area contributed by atoms with Crippen LogP contribution >= 0.6 is 0 Å². The summed E-state index contributed by atoms with van der Waals surface area (Å²) in [6.07, 6.45) is -3.74. The lowest BCUT2D eigenvalue weighted by atomic mass is 10.2. The molecule has 0 aliphatic heterocycles.